The summed E-state index contributed by atoms with van der Waals surface area (Å²) in [6, 6.07) is 6.90. The van der Waals surface area contributed by atoms with Crippen LogP contribution in [0.15, 0.2) is 36.7 Å². The van der Waals surface area contributed by atoms with Gasteiger partial charge in [0.2, 0.25) is 0 Å². The number of benzene rings is 1. The summed E-state index contributed by atoms with van der Waals surface area (Å²) >= 11 is 5.95. The van der Waals surface area contributed by atoms with Gasteiger partial charge in [-0.2, -0.15) is 0 Å². The molecule has 1 heterocycles. The first-order chi connectivity index (χ1) is 9.70. The fourth-order valence-corrected chi connectivity index (χ4v) is 1.96. The van der Waals surface area contributed by atoms with Crippen molar-refractivity contribution in [2.75, 3.05) is 6.61 Å². The lowest BCUT2D eigenvalue weighted by molar-refractivity contribution is -0.123. The summed E-state index contributed by atoms with van der Waals surface area (Å²) in [5.74, 6) is 1.02. The van der Waals surface area contributed by atoms with Gasteiger partial charge in [-0.05, 0) is 18.6 Å². The molecular weight excluding hydrogens is 278 g/mol. The number of aromatic nitrogens is 2. The number of aromatic amines is 1. The van der Waals surface area contributed by atoms with E-state index in [1.807, 2.05) is 6.92 Å². The normalized spacial score (nSPS) is 11.9. The molecule has 0 aliphatic heterocycles. The van der Waals surface area contributed by atoms with Gasteiger partial charge in [0.25, 0.3) is 5.91 Å². The second-order valence-electron chi connectivity index (χ2n) is 4.22. The molecule has 0 radical (unpaired) electrons. The van der Waals surface area contributed by atoms with Crippen molar-refractivity contribution < 1.29 is 9.53 Å². The number of carbonyl (C=O) groups excluding carboxylic acids is 1. The first-order valence-electron chi connectivity index (χ1n) is 6.36. The summed E-state index contributed by atoms with van der Waals surface area (Å²) in [5.41, 5.74) is 0. The van der Waals surface area contributed by atoms with Crippen molar-refractivity contribution >= 4 is 17.5 Å². The molecule has 20 heavy (non-hydrogen) atoms. The summed E-state index contributed by atoms with van der Waals surface area (Å²) in [7, 11) is 0. The molecule has 2 N–H and O–H groups in total. The van der Waals surface area contributed by atoms with Gasteiger partial charge in [0.1, 0.15) is 11.6 Å². The number of nitrogens with zero attached hydrogens (tertiary/aromatic N) is 1. The molecule has 1 aromatic heterocycles. The molecule has 1 amide bonds. The Hall–Kier alpha value is -2.01. The van der Waals surface area contributed by atoms with E-state index in [4.69, 9.17) is 16.3 Å². The number of ether oxygens (including phenoxy) is 1. The van der Waals surface area contributed by atoms with Crippen molar-refractivity contribution in [2.24, 2.45) is 0 Å². The minimum absolute atomic E-state index is 0.0824. The second-order valence-corrected chi connectivity index (χ2v) is 4.63. The van der Waals surface area contributed by atoms with Gasteiger partial charge >= 0.3 is 0 Å². The second kappa shape index (κ2) is 6.96. The smallest absolute Gasteiger partial charge is 0.258 e. The van der Waals surface area contributed by atoms with Crippen LogP contribution in [0.25, 0.3) is 0 Å². The minimum atomic E-state index is -0.215. The maximum absolute atomic E-state index is 11.9. The van der Waals surface area contributed by atoms with Crippen molar-refractivity contribution in [1.82, 2.24) is 15.3 Å². The third kappa shape index (κ3) is 3.74. The van der Waals surface area contributed by atoms with Crippen LogP contribution in [0, 0.1) is 0 Å². The van der Waals surface area contributed by atoms with E-state index in [9.17, 15) is 4.79 Å². The number of carbonyl (C=O) groups is 1. The highest BCUT2D eigenvalue weighted by Crippen LogP contribution is 2.22. The van der Waals surface area contributed by atoms with Crippen molar-refractivity contribution in [2.45, 2.75) is 19.4 Å². The predicted molar refractivity (Wildman–Crippen MR) is 76.7 cm³/mol. The SMILES string of the molecule is CCC(NC(=O)COc1ccccc1Cl)c1ncc[nH]1. The molecule has 2 rings (SSSR count). The molecule has 2 aromatic rings. The van der Waals surface area contributed by atoms with E-state index in [-0.39, 0.29) is 18.6 Å². The number of imidazole rings is 1. The number of rotatable bonds is 6. The van der Waals surface area contributed by atoms with Gasteiger partial charge in [-0.3, -0.25) is 4.79 Å². The fraction of sp³-hybridized carbons (Fsp3) is 0.286. The molecule has 1 unspecified atom stereocenters. The largest absolute Gasteiger partial charge is 0.482 e. The van der Waals surface area contributed by atoms with Crippen molar-refractivity contribution in [1.29, 1.82) is 0 Å². The van der Waals surface area contributed by atoms with Crippen LogP contribution in [0.5, 0.6) is 5.75 Å². The number of hydrogen-bond acceptors (Lipinski definition) is 3. The van der Waals surface area contributed by atoms with Crippen LogP contribution in [-0.4, -0.2) is 22.5 Å². The van der Waals surface area contributed by atoms with Crippen LogP contribution in [-0.2, 0) is 4.79 Å². The van der Waals surface area contributed by atoms with E-state index in [0.29, 0.717) is 10.8 Å². The van der Waals surface area contributed by atoms with E-state index in [2.05, 4.69) is 15.3 Å². The Morgan fingerprint density at radius 3 is 2.95 bits per heavy atom. The lowest BCUT2D eigenvalue weighted by atomic mass is 10.2. The Bertz CT molecular complexity index is 557. The Labute approximate surface area is 122 Å². The lowest BCUT2D eigenvalue weighted by Gasteiger charge is -2.15. The van der Waals surface area contributed by atoms with E-state index in [0.717, 1.165) is 12.2 Å². The molecular formula is C14H16ClN3O2. The van der Waals surface area contributed by atoms with Gasteiger partial charge in [0, 0.05) is 12.4 Å². The van der Waals surface area contributed by atoms with Gasteiger partial charge in [-0.15, -0.1) is 0 Å². The van der Waals surface area contributed by atoms with Crippen LogP contribution >= 0.6 is 11.6 Å². The van der Waals surface area contributed by atoms with E-state index < -0.39 is 0 Å². The predicted octanol–water partition coefficient (Wildman–Crippen LogP) is 2.71. The highest BCUT2D eigenvalue weighted by molar-refractivity contribution is 6.32. The maximum Gasteiger partial charge on any atom is 0.258 e. The highest BCUT2D eigenvalue weighted by atomic mass is 35.5. The molecule has 6 heteroatoms. The van der Waals surface area contributed by atoms with E-state index in [1.165, 1.54) is 0 Å². The lowest BCUT2D eigenvalue weighted by Crippen LogP contribution is -2.33. The molecule has 0 fully saturated rings. The molecule has 1 aromatic carbocycles. The van der Waals surface area contributed by atoms with Gasteiger partial charge < -0.3 is 15.0 Å². The molecule has 0 spiro atoms. The molecule has 0 bridgehead atoms. The van der Waals surface area contributed by atoms with Crippen LogP contribution in [0.3, 0.4) is 0 Å². The van der Waals surface area contributed by atoms with Crippen LogP contribution < -0.4 is 10.1 Å². The quantitative estimate of drug-likeness (QED) is 0.860. The standard InChI is InChI=1S/C14H16ClN3O2/c1-2-11(14-16-7-8-17-14)18-13(19)9-20-12-6-4-3-5-10(12)15/h3-8,11H,2,9H2,1H3,(H,16,17)(H,18,19). The average Bonchev–Trinajstić information content (AvgIpc) is 2.98. The van der Waals surface area contributed by atoms with Crippen LogP contribution in [0.4, 0.5) is 0 Å². The molecule has 0 aliphatic rings. The first kappa shape index (κ1) is 14.4. The molecule has 0 aliphatic carbocycles. The molecule has 0 saturated heterocycles. The Morgan fingerprint density at radius 1 is 1.50 bits per heavy atom. The average molecular weight is 294 g/mol. The van der Waals surface area contributed by atoms with Crippen molar-refractivity contribution in [3.05, 3.63) is 47.5 Å². The zero-order chi connectivity index (χ0) is 14.4. The highest BCUT2D eigenvalue weighted by Gasteiger charge is 2.15. The van der Waals surface area contributed by atoms with Crippen LogP contribution in [0.2, 0.25) is 5.02 Å². The Morgan fingerprint density at radius 2 is 2.30 bits per heavy atom. The molecule has 0 saturated carbocycles. The molecule has 5 nitrogen and oxygen atoms in total. The topological polar surface area (TPSA) is 67.0 Å². The summed E-state index contributed by atoms with van der Waals surface area (Å²) in [6.45, 7) is 1.89. The number of nitrogens with one attached hydrogen (secondary N) is 2. The van der Waals surface area contributed by atoms with Gasteiger partial charge in [-0.25, -0.2) is 4.98 Å². The number of halogens is 1. The zero-order valence-corrected chi connectivity index (χ0v) is 11.9. The van der Waals surface area contributed by atoms with Gasteiger partial charge in [0.05, 0.1) is 11.1 Å². The molecule has 106 valence electrons. The van der Waals surface area contributed by atoms with E-state index in [1.54, 1.807) is 36.7 Å². The van der Waals surface area contributed by atoms with Crippen molar-refractivity contribution in [3.8, 4) is 5.75 Å². The van der Waals surface area contributed by atoms with Gasteiger partial charge in [-0.1, -0.05) is 30.7 Å². The third-order valence-corrected chi connectivity index (χ3v) is 3.10. The fourth-order valence-electron chi connectivity index (χ4n) is 1.77. The number of para-hydroxylation sites is 1. The minimum Gasteiger partial charge on any atom is -0.482 e. The number of amides is 1. The first-order valence-corrected chi connectivity index (χ1v) is 6.74. The van der Waals surface area contributed by atoms with Gasteiger partial charge in [0.15, 0.2) is 6.61 Å². The monoisotopic (exact) mass is 293 g/mol. The third-order valence-electron chi connectivity index (χ3n) is 2.79. The number of hydrogen-bond donors (Lipinski definition) is 2. The number of H-pyrrole nitrogens is 1. The Kier molecular flexibility index (Phi) is 5.01. The van der Waals surface area contributed by atoms with Crippen LogP contribution in [0.1, 0.15) is 25.2 Å². The zero-order valence-electron chi connectivity index (χ0n) is 11.1. The van der Waals surface area contributed by atoms with Crippen molar-refractivity contribution in [3.63, 3.8) is 0 Å². The summed E-state index contributed by atoms with van der Waals surface area (Å²) in [6.07, 6.45) is 4.13. The summed E-state index contributed by atoms with van der Waals surface area (Å²) in [5, 5.41) is 3.34. The molecule has 1 atom stereocenters. The maximum atomic E-state index is 11.9. The van der Waals surface area contributed by atoms with E-state index >= 15 is 0 Å². The summed E-state index contributed by atoms with van der Waals surface area (Å²) < 4.78 is 5.39. The Balaban J connectivity index is 1.88. The summed E-state index contributed by atoms with van der Waals surface area (Å²) in [4.78, 5) is 19.0.